The molecule has 4 aliphatic rings. The molecule has 2 aromatic rings. The lowest BCUT2D eigenvalue weighted by molar-refractivity contribution is 0.473. The van der Waals surface area contributed by atoms with Crippen molar-refractivity contribution in [2.45, 2.75) is 114 Å². The minimum absolute atomic E-state index is 0.154. The van der Waals surface area contributed by atoms with E-state index in [-0.39, 0.29) is 7.92 Å². The first-order valence-electron chi connectivity index (χ1n) is 15.8. The first kappa shape index (κ1) is 27.0. The number of rotatable bonds is 6. The average molecular weight is 543 g/mol. The summed E-state index contributed by atoms with van der Waals surface area (Å²) in [5.41, 5.74) is 6.85. The van der Waals surface area contributed by atoms with Gasteiger partial charge in [0, 0.05) is 5.92 Å². The maximum absolute atomic E-state index is 2.71. The molecule has 6 rings (SSSR count). The van der Waals surface area contributed by atoms with Crippen LogP contribution in [0.5, 0.6) is 0 Å². The van der Waals surface area contributed by atoms with Crippen molar-refractivity contribution in [3.05, 3.63) is 83.2 Å². The Labute approximate surface area is 235 Å². The SMILES string of the molecule is CC1C=C(P(c2ccccc2)c2ccccc2)C(C)C2=C1CCC(P(C1CCCCC1)C1CCCCC1)C2. The van der Waals surface area contributed by atoms with E-state index in [0.29, 0.717) is 11.8 Å². The maximum atomic E-state index is 2.71. The topological polar surface area (TPSA) is 0 Å². The Hall–Kier alpha value is -1.22. The first-order valence-corrected chi connectivity index (χ1v) is 18.7. The molecule has 0 saturated heterocycles. The van der Waals surface area contributed by atoms with Crippen LogP contribution in [0.15, 0.2) is 83.2 Å². The lowest BCUT2D eigenvalue weighted by Gasteiger charge is -2.47. The van der Waals surface area contributed by atoms with Gasteiger partial charge in [0.15, 0.2) is 0 Å². The Balaban J connectivity index is 1.31. The quantitative estimate of drug-likeness (QED) is 0.252. The number of benzene rings is 2. The molecular weight excluding hydrogens is 494 g/mol. The molecule has 0 aliphatic heterocycles. The highest BCUT2D eigenvalue weighted by Gasteiger charge is 2.41. The van der Waals surface area contributed by atoms with Gasteiger partial charge in [0.1, 0.15) is 0 Å². The molecule has 0 N–H and O–H groups in total. The fourth-order valence-corrected chi connectivity index (χ4v) is 15.7. The van der Waals surface area contributed by atoms with Crippen molar-refractivity contribution in [3.63, 3.8) is 0 Å². The summed E-state index contributed by atoms with van der Waals surface area (Å²) >= 11 is 0. The highest BCUT2D eigenvalue weighted by molar-refractivity contribution is 7.76. The summed E-state index contributed by atoms with van der Waals surface area (Å²) < 4.78 is 0. The summed E-state index contributed by atoms with van der Waals surface area (Å²) in [6.07, 6.45) is 22.2. The normalized spacial score (nSPS) is 27.5. The molecule has 38 heavy (non-hydrogen) atoms. The van der Waals surface area contributed by atoms with Crippen molar-refractivity contribution in [2.24, 2.45) is 11.8 Å². The van der Waals surface area contributed by atoms with E-state index in [2.05, 4.69) is 80.6 Å². The molecule has 3 unspecified atom stereocenters. The second kappa shape index (κ2) is 12.5. The van der Waals surface area contributed by atoms with Gasteiger partial charge in [-0.25, -0.2) is 0 Å². The third-order valence-corrected chi connectivity index (χ3v) is 16.9. The van der Waals surface area contributed by atoms with Gasteiger partial charge < -0.3 is 0 Å². The molecular formula is C36H48P2. The Bertz CT molecular complexity index is 1050. The molecule has 202 valence electrons. The smallest absolute Gasteiger partial charge is 0.00307 e. The zero-order valence-corrected chi connectivity index (χ0v) is 25.6. The molecule has 0 amide bonds. The zero-order valence-electron chi connectivity index (χ0n) is 23.8. The van der Waals surface area contributed by atoms with E-state index < -0.39 is 7.92 Å². The van der Waals surface area contributed by atoms with Crippen LogP contribution in [0.1, 0.15) is 97.3 Å². The molecule has 0 heterocycles. The maximum Gasteiger partial charge on any atom is 0.00307 e. The van der Waals surface area contributed by atoms with Gasteiger partial charge in [0.25, 0.3) is 0 Å². The van der Waals surface area contributed by atoms with Crippen molar-refractivity contribution < 1.29 is 0 Å². The van der Waals surface area contributed by atoms with Crippen LogP contribution in [0.4, 0.5) is 0 Å². The van der Waals surface area contributed by atoms with Crippen molar-refractivity contribution in [1.82, 2.24) is 0 Å². The Morgan fingerprint density at radius 3 is 1.63 bits per heavy atom. The molecule has 2 fully saturated rings. The van der Waals surface area contributed by atoms with Crippen LogP contribution >= 0.6 is 15.8 Å². The van der Waals surface area contributed by atoms with Gasteiger partial charge in [-0.1, -0.05) is 138 Å². The van der Waals surface area contributed by atoms with Crippen LogP contribution in [0, 0.1) is 11.8 Å². The van der Waals surface area contributed by atoms with E-state index in [4.69, 9.17) is 0 Å². The van der Waals surface area contributed by atoms with Crippen molar-refractivity contribution in [1.29, 1.82) is 0 Å². The fourth-order valence-electron chi connectivity index (χ4n) is 8.40. The molecule has 2 aromatic carbocycles. The molecule has 2 heteroatoms. The van der Waals surface area contributed by atoms with Crippen LogP contribution in [0.25, 0.3) is 0 Å². The summed E-state index contributed by atoms with van der Waals surface area (Å²) in [4.78, 5) is 0. The molecule has 0 radical (unpaired) electrons. The number of hydrogen-bond acceptors (Lipinski definition) is 0. The Morgan fingerprint density at radius 2 is 1.11 bits per heavy atom. The molecule has 4 aliphatic carbocycles. The fraction of sp³-hybridized carbons (Fsp3) is 0.556. The predicted octanol–water partition coefficient (Wildman–Crippen LogP) is 10.3. The molecule has 0 bridgehead atoms. The predicted molar refractivity (Wildman–Crippen MR) is 171 cm³/mol. The molecule has 0 nitrogen and oxygen atoms in total. The van der Waals surface area contributed by atoms with Gasteiger partial charge >= 0.3 is 0 Å². The van der Waals surface area contributed by atoms with Gasteiger partial charge in [-0.05, 0) is 91.7 Å². The van der Waals surface area contributed by atoms with E-state index in [1.807, 2.05) is 11.1 Å². The van der Waals surface area contributed by atoms with Crippen molar-refractivity contribution >= 4 is 26.5 Å². The third-order valence-electron chi connectivity index (χ3n) is 10.3. The standard InChI is InChI=1S/C36H48P2/c1-27-25-36(38(31-19-11-5-12-20-31)32-21-13-6-14-22-32)28(2)35-26-33(23-24-34(27)35)37(29-15-7-3-8-16-29)30-17-9-4-10-18-30/h5-6,11-14,19-22,25,27-30,33H,3-4,7-10,15-18,23-24,26H2,1-2H3. The van der Waals surface area contributed by atoms with Crippen molar-refractivity contribution in [2.75, 3.05) is 0 Å². The Kier molecular flexibility index (Phi) is 8.89. The van der Waals surface area contributed by atoms with Gasteiger partial charge in [0.2, 0.25) is 0 Å². The highest BCUT2D eigenvalue weighted by Crippen LogP contribution is 2.64. The summed E-state index contributed by atoms with van der Waals surface area (Å²) in [5.74, 6) is 1.19. The summed E-state index contributed by atoms with van der Waals surface area (Å²) in [7, 11) is -0.335. The van der Waals surface area contributed by atoms with E-state index in [9.17, 15) is 0 Å². The van der Waals surface area contributed by atoms with Gasteiger partial charge in [-0.2, -0.15) is 0 Å². The van der Waals surface area contributed by atoms with Crippen LogP contribution in [0.3, 0.4) is 0 Å². The minimum atomic E-state index is -0.489. The summed E-state index contributed by atoms with van der Waals surface area (Å²) in [6.45, 7) is 5.09. The highest BCUT2D eigenvalue weighted by atomic mass is 31.1. The molecule has 2 saturated carbocycles. The van der Waals surface area contributed by atoms with Crippen LogP contribution in [0.2, 0.25) is 0 Å². The molecule has 0 spiro atoms. The molecule has 3 atom stereocenters. The van der Waals surface area contributed by atoms with Crippen LogP contribution < -0.4 is 10.6 Å². The summed E-state index contributed by atoms with van der Waals surface area (Å²) in [6, 6.07) is 22.9. The zero-order chi connectivity index (χ0) is 25.9. The van der Waals surface area contributed by atoms with E-state index in [1.165, 1.54) is 68.4 Å². The third kappa shape index (κ3) is 5.65. The van der Waals surface area contributed by atoms with Gasteiger partial charge in [-0.15, -0.1) is 0 Å². The minimum Gasteiger partial charge on any atom is -0.0968 e. The molecule has 0 aromatic heterocycles. The second-order valence-corrected chi connectivity index (χ2v) is 17.9. The van der Waals surface area contributed by atoms with Gasteiger partial charge in [-0.3, -0.25) is 0 Å². The van der Waals surface area contributed by atoms with Crippen LogP contribution in [-0.4, -0.2) is 17.0 Å². The monoisotopic (exact) mass is 542 g/mol. The summed E-state index contributed by atoms with van der Waals surface area (Å²) in [5, 5.41) is 4.76. The second-order valence-electron chi connectivity index (χ2n) is 12.6. The number of hydrogen-bond donors (Lipinski definition) is 0. The van der Waals surface area contributed by atoms with E-state index in [1.54, 1.807) is 31.0 Å². The first-order chi connectivity index (χ1) is 18.7. The Morgan fingerprint density at radius 1 is 0.579 bits per heavy atom. The average Bonchev–Trinajstić information content (AvgIpc) is 2.98. The lowest BCUT2D eigenvalue weighted by atomic mass is 9.75. The number of allylic oxidation sites excluding steroid dienone is 4. The van der Waals surface area contributed by atoms with Gasteiger partial charge in [0.05, 0.1) is 0 Å². The van der Waals surface area contributed by atoms with Crippen molar-refractivity contribution in [3.8, 4) is 0 Å². The van der Waals surface area contributed by atoms with E-state index >= 15 is 0 Å². The lowest BCUT2D eigenvalue weighted by Crippen LogP contribution is -2.31. The largest absolute Gasteiger partial charge is 0.0968 e. The van der Waals surface area contributed by atoms with Crippen LogP contribution in [-0.2, 0) is 0 Å². The van der Waals surface area contributed by atoms with E-state index in [0.717, 1.165) is 17.0 Å².